The molecule has 0 spiro atoms. The van der Waals surface area contributed by atoms with Crippen LogP contribution in [0, 0.1) is 6.92 Å². The lowest BCUT2D eigenvalue weighted by molar-refractivity contribution is -0.135. The van der Waals surface area contributed by atoms with Crippen molar-refractivity contribution in [2.24, 2.45) is 0 Å². The number of phenols is 2. The molecule has 0 saturated heterocycles. The minimum absolute atomic E-state index is 0.104. The highest BCUT2D eigenvalue weighted by Crippen LogP contribution is 2.18. The lowest BCUT2D eigenvalue weighted by Crippen LogP contribution is -1.78. The van der Waals surface area contributed by atoms with Crippen molar-refractivity contribution in [1.82, 2.24) is 0 Å². The van der Waals surface area contributed by atoms with E-state index in [-0.39, 0.29) is 11.5 Å². The van der Waals surface area contributed by atoms with Gasteiger partial charge in [0.05, 0.1) is 0 Å². The van der Waals surface area contributed by atoms with E-state index in [0.29, 0.717) is 0 Å². The van der Waals surface area contributed by atoms with Crippen LogP contribution >= 0.6 is 0 Å². The zero-order valence-corrected chi connectivity index (χ0v) is 9.84. The van der Waals surface area contributed by atoms with E-state index >= 15 is 0 Å². The van der Waals surface area contributed by atoms with Crippen molar-refractivity contribution >= 4 is 11.9 Å². The van der Waals surface area contributed by atoms with Gasteiger partial charge in [-0.3, -0.25) is 9.59 Å². The molecule has 1 aromatic rings. The lowest BCUT2D eigenvalue weighted by atomic mass is 10.2. The van der Waals surface area contributed by atoms with Gasteiger partial charge in [-0.2, -0.15) is 0 Å². The van der Waals surface area contributed by atoms with Gasteiger partial charge in [-0.15, -0.1) is 0 Å². The summed E-state index contributed by atoms with van der Waals surface area (Å²) in [5.74, 6) is -1.46. The van der Waals surface area contributed by atoms with Gasteiger partial charge in [0.2, 0.25) is 0 Å². The third-order valence-electron chi connectivity index (χ3n) is 1.05. The molecule has 0 aliphatic rings. The Labute approximate surface area is 98.8 Å². The van der Waals surface area contributed by atoms with Crippen molar-refractivity contribution < 1.29 is 30.0 Å². The van der Waals surface area contributed by atoms with Crippen LogP contribution in [-0.2, 0) is 9.59 Å². The summed E-state index contributed by atoms with van der Waals surface area (Å²) in [6.07, 6.45) is 0. The summed E-state index contributed by atoms with van der Waals surface area (Å²) in [5, 5.41) is 32.5. The molecular weight excluding hydrogens is 228 g/mol. The molecule has 96 valence electrons. The number of aryl methyl sites for hydroxylation is 1. The first-order valence-corrected chi connectivity index (χ1v) is 4.53. The standard InChI is InChI=1S/C7H8O2.2C2H4O2/c1-5-2-6(8)4-7(9)3-5;2*1-2(3)4/h2-4,8-9H,1H3;2*1H3,(H,3,4). The van der Waals surface area contributed by atoms with Gasteiger partial charge in [0, 0.05) is 19.9 Å². The first-order chi connectivity index (χ1) is 7.65. The summed E-state index contributed by atoms with van der Waals surface area (Å²) in [6, 6.07) is 4.46. The van der Waals surface area contributed by atoms with Crippen molar-refractivity contribution in [1.29, 1.82) is 0 Å². The molecule has 0 atom stereocenters. The van der Waals surface area contributed by atoms with Gasteiger partial charge < -0.3 is 20.4 Å². The fourth-order valence-electron chi connectivity index (χ4n) is 0.743. The van der Waals surface area contributed by atoms with Gasteiger partial charge >= 0.3 is 0 Å². The molecule has 0 aromatic heterocycles. The minimum atomic E-state index is -0.833. The van der Waals surface area contributed by atoms with Gasteiger partial charge in [0.25, 0.3) is 11.9 Å². The summed E-state index contributed by atoms with van der Waals surface area (Å²) in [5.41, 5.74) is 0.854. The van der Waals surface area contributed by atoms with Crippen LogP contribution in [0.1, 0.15) is 19.4 Å². The summed E-state index contributed by atoms with van der Waals surface area (Å²) in [6.45, 7) is 3.97. The molecule has 0 bridgehead atoms. The Morgan fingerprint density at radius 1 is 0.882 bits per heavy atom. The van der Waals surface area contributed by atoms with Crippen LogP contribution in [0.4, 0.5) is 0 Å². The number of hydrogen-bond acceptors (Lipinski definition) is 4. The monoisotopic (exact) mass is 244 g/mol. The number of benzene rings is 1. The smallest absolute Gasteiger partial charge is 0.300 e. The van der Waals surface area contributed by atoms with Gasteiger partial charge in [-0.05, 0) is 24.6 Å². The number of aromatic hydroxyl groups is 2. The Bertz CT molecular complexity index is 302. The number of carbonyl (C=O) groups is 2. The maximum absolute atomic E-state index is 9.00. The number of rotatable bonds is 0. The molecule has 4 N–H and O–H groups in total. The average molecular weight is 244 g/mol. The third kappa shape index (κ3) is 20.0. The molecule has 0 aliphatic carbocycles. The molecule has 6 nitrogen and oxygen atoms in total. The van der Waals surface area contributed by atoms with Crippen LogP contribution in [0.5, 0.6) is 11.5 Å². The second-order valence-corrected chi connectivity index (χ2v) is 3.06. The summed E-state index contributed by atoms with van der Waals surface area (Å²) in [7, 11) is 0. The van der Waals surface area contributed by atoms with E-state index in [0.717, 1.165) is 19.4 Å². The highest BCUT2D eigenvalue weighted by atomic mass is 16.4. The Morgan fingerprint density at radius 3 is 1.29 bits per heavy atom. The maximum Gasteiger partial charge on any atom is 0.300 e. The second-order valence-electron chi connectivity index (χ2n) is 3.06. The minimum Gasteiger partial charge on any atom is -0.508 e. The quantitative estimate of drug-likeness (QED) is 0.550. The van der Waals surface area contributed by atoms with E-state index in [4.69, 9.17) is 30.0 Å². The van der Waals surface area contributed by atoms with Crippen LogP contribution in [0.15, 0.2) is 18.2 Å². The summed E-state index contributed by atoms with van der Waals surface area (Å²) in [4.78, 5) is 18.0. The van der Waals surface area contributed by atoms with E-state index in [1.54, 1.807) is 19.1 Å². The van der Waals surface area contributed by atoms with E-state index in [2.05, 4.69) is 0 Å². The van der Waals surface area contributed by atoms with Crippen molar-refractivity contribution in [3.63, 3.8) is 0 Å². The fraction of sp³-hybridized carbons (Fsp3) is 0.273. The Kier molecular flexibility index (Phi) is 9.11. The van der Waals surface area contributed by atoms with Crippen LogP contribution in [0.3, 0.4) is 0 Å². The SMILES string of the molecule is CC(=O)O.CC(=O)O.Cc1cc(O)cc(O)c1. The largest absolute Gasteiger partial charge is 0.508 e. The van der Waals surface area contributed by atoms with Crippen LogP contribution in [0.25, 0.3) is 0 Å². The molecular formula is C11H16O6. The van der Waals surface area contributed by atoms with Gasteiger partial charge in [0.1, 0.15) is 11.5 Å². The highest BCUT2D eigenvalue weighted by Gasteiger charge is 1.91. The molecule has 0 unspecified atom stereocenters. The van der Waals surface area contributed by atoms with Crippen LogP contribution < -0.4 is 0 Å². The van der Waals surface area contributed by atoms with E-state index < -0.39 is 11.9 Å². The molecule has 1 aromatic carbocycles. The fourth-order valence-corrected chi connectivity index (χ4v) is 0.743. The summed E-state index contributed by atoms with van der Waals surface area (Å²) >= 11 is 0. The molecule has 6 heteroatoms. The molecule has 0 heterocycles. The van der Waals surface area contributed by atoms with Gasteiger partial charge in [-0.25, -0.2) is 0 Å². The summed E-state index contributed by atoms with van der Waals surface area (Å²) < 4.78 is 0. The predicted octanol–water partition coefficient (Wildman–Crippen LogP) is 1.59. The molecule has 0 aliphatic heterocycles. The number of aliphatic carboxylic acids is 2. The Balaban J connectivity index is 0. The lowest BCUT2D eigenvalue weighted by Gasteiger charge is -1.94. The number of carboxylic acid groups (broad SMARTS) is 2. The highest BCUT2D eigenvalue weighted by molar-refractivity contribution is 5.63. The molecule has 0 saturated carbocycles. The van der Waals surface area contributed by atoms with Crippen molar-refractivity contribution in [2.75, 3.05) is 0 Å². The molecule has 0 fully saturated rings. The molecule has 0 amide bonds. The van der Waals surface area contributed by atoms with Gasteiger partial charge in [-0.1, -0.05) is 0 Å². The molecule has 17 heavy (non-hydrogen) atoms. The second kappa shape index (κ2) is 9.02. The van der Waals surface area contributed by atoms with Crippen molar-refractivity contribution in [3.8, 4) is 11.5 Å². The first kappa shape index (κ1) is 17.2. The van der Waals surface area contributed by atoms with E-state index in [1.807, 2.05) is 0 Å². The Morgan fingerprint density at radius 2 is 1.12 bits per heavy atom. The number of hydrogen-bond donors (Lipinski definition) is 4. The molecule has 0 radical (unpaired) electrons. The third-order valence-corrected chi connectivity index (χ3v) is 1.05. The average Bonchev–Trinajstić information content (AvgIpc) is 1.96. The predicted molar refractivity (Wildman–Crippen MR) is 61.1 cm³/mol. The van der Waals surface area contributed by atoms with Crippen molar-refractivity contribution in [2.45, 2.75) is 20.8 Å². The first-order valence-electron chi connectivity index (χ1n) is 4.53. The maximum atomic E-state index is 9.00. The zero-order chi connectivity index (χ0) is 14.0. The topological polar surface area (TPSA) is 115 Å². The Hall–Kier alpha value is -2.24. The molecule has 1 rings (SSSR count). The number of carboxylic acids is 2. The van der Waals surface area contributed by atoms with E-state index in [1.165, 1.54) is 6.07 Å². The zero-order valence-electron chi connectivity index (χ0n) is 9.84. The van der Waals surface area contributed by atoms with Crippen molar-refractivity contribution in [3.05, 3.63) is 23.8 Å². The van der Waals surface area contributed by atoms with Gasteiger partial charge in [0.15, 0.2) is 0 Å². The number of phenolic OH excluding ortho intramolecular Hbond substituents is 2. The van der Waals surface area contributed by atoms with Crippen LogP contribution in [0.2, 0.25) is 0 Å². The normalized spacial score (nSPS) is 7.94. The van der Waals surface area contributed by atoms with E-state index in [9.17, 15) is 0 Å². The van der Waals surface area contributed by atoms with Crippen LogP contribution in [-0.4, -0.2) is 32.4 Å².